The van der Waals surface area contributed by atoms with E-state index in [9.17, 15) is 0 Å². The van der Waals surface area contributed by atoms with Crippen LogP contribution in [0.25, 0.3) is 0 Å². The average molecular weight is 198 g/mol. The number of nitrogens with zero attached hydrogens (tertiary/aromatic N) is 1. The monoisotopic (exact) mass is 198 g/mol. The largest absolute Gasteiger partial charge is 0.317 e. The highest BCUT2D eigenvalue weighted by Crippen LogP contribution is 2.12. The first-order valence-corrected chi connectivity index (χ1v) is 6.25. The van der Waals surface area contributed by atoms with E-state index in [4.69, 9.17) is 0 Å². The lowest BCUT2D eigenvalue weighted by Gasteiger charge is -2.26. The molecule has 1 N–H and O–H groups in total. The van der Waals surface area contributed by atoms with Crippen molar-refractivity contribution in [1.29, 1.82) is 0 Å². The predicted molar refractivity (Wildman–Crippen MR) is 62.7 cm³/mol. The molecule has 84 valence electrons. The van der Waals surface area contributed by atoms with Crippen molar-refractivity contribution in [2.45, 2.75) is 51.5 Å². The Kier molecular flexibility index (Phi) is 6.20. The SMILES string of the molecule is CCCCCN(C)C1CCCNCC1. The van der Waals surface area contributed by atoms with Crippen molar-refractivity contribution in [2.24, 2.45) is 0 Å². The summed E-state index contributed by atoms with van der Waals surface area (Å²) in [4.78, 5) is 2.57. The summed E-state index contributed by atoms with van der Waals surface area (Å²) >= 11 is 0. The number of unbranched alkanes of at least 4 members (excludes halogenated alkanes) is 2. The standard InChI is InChI=1S/C12H26N2/c1-3-4-5-11-14(2)12-7-6-9-13-10-8-12/h12-13H,3-11H2,1-2H3. The smallest absolute Gasteiger partial charge is 0.0105 e. The van der Waals surface area contributed by atoms with Gasteiger partial charge in [0.15, 0.2) is 0 Å². The summed E-state index contributed by atoms with van der Waals surface area (Å²) in [7, 11) is 2.30. The van der Waals surface area contributed by atoms with Crippen molar-refractivity contribution in [3.63, 3.8) is 0 Å². The molecule has 1 rings (SSSR count). The fourth-order valence-corrected chi connectivity index (χ4v) is 2.24. The molecular weight excluding hydrogens is 172 g/mol. The van der Waals surface area contributed by atoms with Gasteiger partial charge in [-0.25, -0.2) is 0 Å². The molecule has 0 aromatic rings. The van der Waals surface area contributed by atoms with Gasteiger partial charge in [0.2, 0.25) is 0 Å². The van der Waals surface area contributed by atoms with Gasteiger partial charge in [0.05, 0.1) is 0 Å². The molecule has 0 amide bonds. The van der Waals surface area contributed by atoms with Crippen LogP contribution in [0.5, 0.6) is 0 Å². The van der Waals surface area contributed by atoms with Crippen molar-refractivity contribution < 1.29 is 0 Å². The Morgan fingerprint density at radius 2 is 2.07 bits per heavy atom. The number of hydrogen-bond donors (Lipinski definition) is 1. The van der Waals surface area contributed by atoms with E-state index in [2.05, 4.69) is 24.2 Å². The van der Waals surface area contributed by atoms with Gasteiger partial charge in [-0.15, -0.1) is 0 Å². The summed E-state index contributed by atoms with van der Waals surface area (Å²) in [5, 5.41) is 3.47. The molecule has 2 heteroatoms. The minimum atomic E-state index is 0.835. The van der Waals surface area contributed by atoms with Gasteiger partial charge in [0.25, 0.3) is 0 Å². The molecular formula is C12H26N2. The van der Waals surface area contributed by atoms with Crippen molar-refractivity contribution in [2.75, 3.05) is 26.7 Å². The summed E-state index contributed by atoms with van der Waals surface area (Å²) in [6, 6.07) is 0.835. The molecule has 14 heavy (non-hydrogen) atoms. The van der Waals surface area contributed by atoms with Crippen molar-refractivity contribution in [1.82, 2.24) is 10.2 Å². The first-order valence-electron chi connectivity index (χ1n) is 6.25. The second-order valence-corrected chi connectivity index (χ2v) is 4.52. The molecule has 0 aliphatic carbocycles. The van der Waals surface area contributed by atoms with E-state index in [0.717, 1.165) is 6.04 Å². The van der Waals surface area contributed by atoms with Gasteiger partial charge < -0.3 is 10.2 Å². The van der Waals surface area contributed by atoms with E-state index in [0.29, 0.717) is 0 Å². The van der Waals surface area contributed by atoms with Crippen LogP contribution in [-0.2, 0) is 0 Å². The van der Waals surface area contributed by atoms with E-state index in [1.807, 2.05) is 0 Å². The van der Waals surface area contributed by atoms with Crippen LogP contribution in [0.4, 0.5) is 0 Å². The van der Waals surface area contributed by atoms with Crippen molar-refractivity contribution in [3.05, 3.63) is 0 Å². The van der Waals surface area contributed by atoms with Crippen molar-refractivity contribution >= 4 is 0 Å². The highest BCUT2D eigenvalue weighted by atomic mass is 15.1. The van der Waals surface area contributed by atoms with Gasteiger partial charge in [-0.3, -0.25) is 0 Å². The van der Waals surface area contributed by atoms with Crippen LogP contribution >= 0.6 is 0 Å². The van der Waals surface area contributed by atoms with Crippen LogP contribution < -0.4 is 5.32 Å². The molecule has 0 saturated carbocycles. The fourth-order valence-electron chi connectivity index (χ4n) is 2.24. The van der Waals surface area contributed by atoms with E-state index in [-0.39, 0.29) is 0 Å². The Morgan fingerprint density at radius 3 is 2.86 bits per heavy atom. The highest BCUT2D eigenvalue weighted by Gasteiger charge is 2.15. The Morgan fingerprint density at radius 1 is 1.21 bits per heavy atom. The third-order valence-corrected chi connectivity index (χ3v) is 3.28. The summed E-state index contributed by atoms with van der Waals surface area (Å²) in [6.45, 7) is 6.00. The molecule has 1 aliphatic rings. The molecule has 0 aromatic carbocycles. The molecule has 1 heterocycles. The average Bonchev–Trinajstić information content (AvgIpc) is 2.46. The third kappa shape index (κ3) is 4.43. The zero-order valence-electron chi connectivity index (χ0n) is 9.89. The van der Waals surface area contributed by atoms with E-state index >= 15 is 0 Å². The summed E-state index contributed by atoms with van der Waals surface area (Å²) in [5.74, 6) is 0. The Bertz CT molecular complexity index is 128. The number of hydrogen-bond acceptors (Lipinski definition) is 2. The maximum absolute atomic E-state index is 3.47. The lowest BCUT2D eigenvalue weighted by atomic mass is 10.1. The number of rotatable bonds is 5. The number of nitrogens with one attached hydrogen (secondary N) is 1. The van der Waals surface area contributed by atoms with Gasteiger partial charge in [-0.1, -0.05) is 19.8 Å². The third-order valence-electron chi connectivity index (χ3n) is 3.28. The van der Waals surface area contributed by atoms with E-state index in [1.165, 1.54) is 58.2 Å². The van der Waals surface area contributed by atoms with Crippen LogP contribution in [-0.4, -0.2) is 37.6 Å². The van der Waals surface area contributed by atoms with Gasteiger partial charge in [-0.2, -0.15) is 0 Å². The molecule has 2 nitrogen and oxygen atoms in total. The van der Waals surface area contributed by atoms with E-state index < -0.39 is 0 Å². The predicted octanol–water partition coefficient (Wildman–Crippen LogP) is 2.25. The van der Waals surface area contributed by atoms with Crippen LogP contribution in [0.15, 0.2) is 0 Å². The zero-order chi connectivity index (χ0) is 10.2. The summed E-state index contributed by atoms with van der Waals surface area (Å²) < 4.78 is 0. The van der Waals surface area contributed by atoms with Crippen molar-refractivity contribution in [3.8, 4) is 0 Å². The van der Waals surface area contributed by atoms with E-state index in [1.54, 1.807) is 0 Å². The molecule has 1 atom stereocenters. The quantitative estimate of drug-likeness (QED) is 0.682. The molecule has 1 aliphatic heterocycles. The van der Waals surface area contributed by atoms with Gasteiger partial charge in [0, 0.05) is 6.04 Å². The van der Waals surface area contributed by atoms with Crippen LogP contribution in [0.1, 0.15) is 45.4 Å². The summed E-state index contributed by atoms with van der Waals surface area (Å²) in [6.07, 6.45) is 8.16. The Labute approximate surface area is 89.1 Å². The topological polar surface area (TPSA) is 15.3 Å². The molecule has 0 spiro atoms. The minimum absolute atomic E-state index is 0.835. The lowest BCUT2D eigenvalue weighted by molar-refractivity contribution is 0.220. The highest BCUT2D eigenvalue weighted by molar-refractivity contribution is 4.73. The van der Waals surface area contributed by atoms with Gasteiger partial charge in [0.1, 0.15) is 0 Å². The van der Waals surface area contributed by atoms with Crippen LogP contribution in [0.2, 0.25) is 0 Å². The molecule has 0 radical (unpaired) electrons. The second kappa shape index (κ2) is 7.24. The maximum Gasteiger partial charge on any atom is 0.0105 e. The first kappa shape index (κ1) is 12.0. The molecule has 0 aromatic heterocycles. The minimum Gasteiger partial charge on any atom is -0.317 e. The van der Waals surface area contributed by atoms with Crippen LogP contribution in [0, 0.1) is 0 Å². The molecule has 0 bridgehead atoms. The van der Waals surface area contributed by atoms with Crippen LogP contribution in [0.3, 0.4) is 0 Å². The fraction of sp³-hybridized carbons (Fsp3) is 1.00. The zero-order valence-corrected chi connectivity index (χ0v) is 9.89. The maximum atomic E-state index is 3.47. The normalized spacial score (nSPS) is 23.8. The molecule has 1 saturated heterocycles. The lowest BCUT2D eigenvalue weighted by Crippen LogP contribution is -2.33. The van der Waals surface area contributed by atoms with Gasteiger partial charge in [-0.05, 0) is 52.4 Å². The first-order chi connectivity index (χ1) is 6.84. The summed E-state index contributed by atoms with van der Waals surface area (Å²) in [5.41, 5.74) is 0. The Balaban J connectivity index is 2.16. The Hall–Kier alpha value is -0.0800. The molecule has 1 unspecified atom stereocenters. The van der Waals surface area contributed by atoms with Gasteiger partial charge >= 0.3 is 0 Å². The molecule has 1 fully saturated rings. The second-order valence-electron chi connectivity index (χ2n) is 4.52.